The molecule has 26 heavy (non-hydrogen) atoms. The Hall–Kier alpha value is -2.53. The number of nitrogens with one attached hydrogen (secondary N) is 2. The lowest BCUT2D eigenvalue weighted by Crippen LogP contribution is -2.42. The van der Waals surface area contributed by atoms with Gasteiger partial charge in [-0.25, -0.2) is 0 Å². The molecule has 5 nitrogen and oxygen atoms in total. The van der Waals surface area contributed by atoms with Gasteiger partial charge in [0.25, 0.3) is 5.91 Å². The molecule has 0 radical (unpaired) electrons. The summed E-state index contributed by atoms with van der Waals surface area (Å²) in [4.78, 5) is 24.3. The quantitative estimate of drug-likeness (QED) is 0.785. The predicted molar refractivity (Wildman–Crippen MR) is 103 cm³/mol. The van der Waals surface area contributed by atoms with Crippen molar-refractivity contribution in [2.45, 2.75) is 32.3 Å². The summed E-state index contributed by atoms with van der Waals surface area (Å²) in [5, 5.41) is 6.30. The monoisotopic (exact) mass is 372 g/mol. The molecule has 0 unspecified atom stereocenters. The van der Waals surface area contributed by atoms with Gasteiger partial charge in [-0.3, -0.25) is 9.59 Å². The van der Waals surface area contributed by atoms with Gasteiger partial charge in [0.2, 0.25) is 5.91 Å². The number of ether oxygens (including phenoxy) is 1. The van der Waals surface area contributed by atoms with Crippen LogP contribution in [0.5, 0.6) is 5.75 Å². The van der Waals surface area contributed by atoms with Crippen molar-refractivity contribution in [3.05, 3.63) is 53.6 Å². The van der Waals surface area contributed by atoms with E-state index in [1.165, 1.54) is 0 Å². The van der Waals surface area contributed by atoms with Crippen molar-refractivity contribution in [3.8, 4) is 5.75 Å². The maximum Gasteiger partial charge on any atom is 0.267 e. The molecule has 0 bridgehead atoms. The third-order valence-corrected chi connectivity index (χ3v) is 4.34. The van der Waals surface area contributed by atoms with E-state index in [0.29, 0.717) is 16.5 Å². The Morgan fingerprint density at radius 3 is 2.04 bits per heavy atom. The Balaban J connectivity index is 1.58. The van der Waals surface area contributed by atoms with E-state index in [9.17, 15) is 9.59 Å². The van der Waals surface area contributed by atoms with Gasteiger partial charge in [-0.05, 0) is 75.2 Å². The van der Waals surface area contributed by atoms with Gasteiger partial charge in [0.15, 0.2) is 5.60 Å². The van der Waals surface area contributed by atoms with Gasteiger partial charge in [0.1, 0.15) is 5.75 Å². The number of carbonyl (C=O) groups is 2. The number of amides is 2. The fourth-order valence-electron chi connectivity index (χ4n) is 2.35. The standard InChI is InChI=1S/C20H21ClN2O3/c1-20(2,26-17-11-5-14(21)6-12-17)19(25)23-16-9-7-15(8-10-16)22-18(24)13-3-4-13/h5-13H,3-4H2,1-2H3,(H,22,24)(H,23,25). The molecule has 3 rings (SSSR count). The van der Waals surface area contributed by atoms with Crippen LogP contribution in [-0.4, -0.2) is 17.4 Å². The zero-order valence-electron chi connectivity index (χ0n) is 14.7. The van der Waals surface area contributed by atoms with Crippen LogP contribution in [0, 0.1) is 5.92 Å². The van der Waals surface area contributed by atoms with Crippen molar-refractivity contribution in [1.82, 2.24) is 0 Å². The molecule has 0 atom stereocenters. The number of carbonyl (C=O) groups excluding carboxylic acids is 2. The number of hydrogen-bond donors (Lipinski definition) is 2. The first-order valence-electron chi connectivity index (χ1n) is 8.50. The third kappa shape index (κ3) is 4.76. The summed E-state index contributed by atoms with van der Waals surface area (Å²) in [5.74, 6) is 0.495. The van der Waals surface area contributed by atoms with Crippen molar-refractivity contribution in [1.29, 1.82) is 0 Å². The first kappa shape index (κ1) is 18.3. The van der Waals surface area contributed by atoms with Gasteiger partial charge in [-0.2, -0.15) is 0 Å². The molecule has 0 heterocycles. The van der Waals surface area contributed by atoms with Crippen LogP contribution >= 0.6 is 11.6 Å². The first-order valence-corrected chi connectivity index (χ1v) is 8.88. The molecular formula is C20H21ClN2O3. The van der Waals surface area contributed by atoms with Gasteiger partial charge in [-0.1, -0.05) is 11.6 Å². The minimum atomic E-state index is -1.06. The van der Waals surface area contributed by atoms with Crippen LogP contribution in [0.1, 0.15) is 26.7 Å². The second kappa shape index (κ2) is 7.38. The van der Waals surface area contributed by atoms with Crippen LogP contribution in [0.3, 0.4) is 0 Å². The molecule has 2 amide bonds. The molecule has 2 aromatic rings. The highest BCUT2D eigenvalue weighted by Crippen LogP contribution is 2.30. The summed E-state index contributed by atoms with van der Waals surface area (Å²) >= 11 is 5.86. The van der Waals surface area contributed by atoms with Gasteiger partial charge in [0.05, 0.1) is 0 Å². The average Bonchev–Trinajstić information content (AvgIpc) is 3.43. The molecule has 136 valence electrons. The molecule has 0 saturated heterocycles. The first-order chi connectivity index (χ1) is 12.3. The minimum Gasteiger partial charge on any atom is -0.478 e. The van der Waals surface area contributed by atoms with E-state index in [1.807, 2.05) is 0 Å². The zero-order valence-corrected chi connectivity index (χ0v) is 15.5. The highest BCUT2D eigenvalue weighted by molar-refractivity contribution is 6.30. The van der Waals surface area contributed by atoms with Crippen molar-refractivity contribution >= 4 is 34.8 Å². The van der Waals surface area contributed by atoms with Crippen LogP contribution in [0.25, 0.3) is 0 Å². The third-order valence-electron chi connectivity index (χ3n) is 4.09. The normalized spacial score (nSPS) is 13.8. The number of halogens is 1. The second-order valence-electron chi connectivity index (χ2n) is 6.86. The summed E-state index contributed by atoms with van der Waals surface area (Å²) in [6.45, 7) is 3.39. The van der Waals surface area contributed by atoms with E-state index in [1.54, 1.807) is 62.4 Å². The van der Waals surface area contributed by atoms with Crippen LogP contribution in [0.2, 0.25) is 5.02 Å². The van der Waals surface area contributed by atoms with E-state index in [4.69, 9.17) is 16.3 Å². The lowest BCUT2D eigenvalue weighted by molar-refractivity contribution is -0.128. The largest absolute Gasteiger partial charge is 0.478 e. The van der Waals surface area contributed by atoms with E-state index >= 15 is 0 Å². The Morgan fingerprint density at radius 2 is 1.50 bits per heavy atom. The van der Waals surface area contributed by atoms with Crippen LogP contribution in [-0.2, 0) is 9.59 Å². The molecular weight excluding hydrogens is 352 g/mol. The van der Waals surface area contributed by atoms with Gasteiger partial charge >= 0.3 is 0 Å². The lowest BCUT2D eigenvalue weighted by atomic mass is 10.1. The van der Waals surface area contributed by atoms with Gasteiger partial charge in [0, 0.05) is 22.3 Å². The SMILES string of the molecule is CC(C)(Oc1ccc(Cl)cc1)C(=O)Nc1ccc(NC(=O)C2CC2)cc1. The predicted octanol–water partition coefficient (Wildman–Crippen LogP) is 4.48. The molecule has 0 aliphatic heterocycles. The van der Waals surface area contributed by atoms with Crippen molar-refractivity contribution in [2.24, 2.45) is 5.92 Å². The fourth-order valence-corrected chi connectivity index (χ4v) is 2.48. The summed E-state index contributed by atoms with van der Waals surface area (Å²) in [5.41, 5.74) is 0.288. The summed E-state index contributed by atoms with van der Waals surface area (Å²) in [6.07, 6.45) is 1.92. The molecule has 1 aliphatic carbocycles. The molecule has 0 spiro atoms. The lowest BCUT2D eigenvalue weighted by Gasteiger charge is -2.25. The minimum absolute atomic E-state index is 0.0549. The van der Waals surface area contributed by atoms with E-state index < -0.39 is 5.60 Å². The molecule has 6 heteroatoms. The van der Waals surface area contributed by atoms with Gasteiger partial charge in [-0.15, -0.1) is 0 Å². The maximum absolute atomic E-state index is 12.5. The second-order valence-corrected chi connectivity index (χ2v) is 7.30. The Kier molecular flexibility index (Phi) is 5.18. The van der Waals surface area contributed by atoms with E-state index in [2.05, 4.69) is 10.6 Å². The number of rotatable bonds is 6. The Labute approximate surface area is 157 Å². The van der Waals surface area contributed by atoms with Crippen LogP contribution in [0.4, 0.5) is 11.4 Å². The molecule has 2 aromatic carbocycles. The number of anilines is 2. The molecule has 2 N–H and O–H groups in total. The highest BCUT2D eigenvalue weighted by Gasteiger charge is 2.31. The molecule has 1 aliphatic rings. The molecule has 1 saturated carbocycles. The Bertz CT molecular complexity index is 797. The van der Waals surface area contributed by atoms with E-state index in [0.717, 1.165) is 18.5 Å². The zero-order chi connectivity index (χ0) is 18.7. The van der Waals surface area contributed by atoms with Crippen LogP contribution < -0.4 is 15.4 Å². The summed E-state index contributed by atoms with van der Waals surface area (Å²) in [7, 11) is 0. The average molecular weight is 373 g/mol. The van der Waals surface area contributed by atoms with E-state index in [-0.39, 0.29) is 17.7 Å². The van der Waals surface area contributed by atoms with Crippen LogP contribution in [0.15, 0.2) is 48.5 Å². The smallest absolute Gasteiger partial charge is 0.267 e. The van der Waals surface area contributed by atoms with Gasteiger partial charge < -0.3 is 15.4 Å². The Morgan fingerprint density at radius 1 is 0.962 bits per heavy atom. The molecule has 0 aromatic heterocycles. The highest BCUT2D eigenvalue weighted by atomic mass is 35.5. The summed E-state index contributed by atoms with van der Waals surface area (Å²) in [6, 6.07) is 13.9. The molecule has 1 fully saturated rings. The number of hydrogen-bond acceptors (Lipinski definition) is 3. The summed E-state index contributed by atoms with van der Waals surface area (Å²) < 4.78 is 5.77. The van der Waals surface area contributed by atoms with Crippen molar-refractivity contribution in [2.75, 3.05) is 10.6 Å². The van der Waals surface area contributed by atoms with Crippen molar-refractivity contribution in [3.63, 3.8) is 0 Å². The topological polar surface area (TPSA) is 67.4 Å². The maximum atomic E-state index is 12.5. The fraction of sp³-hybridized carbons (Fsp3) is 0.300. The van der Waals surface area contributed by atoms with Crippen molar-refractivity contribution < 1.29 is 14.3 Å². The number of benzene rings is 2.